The Morgan fingerprint density at radius 2 is 1.75 bits per heavy atom. The molecule has 0 fully saturated rings. The lowest BCUT2D eigenvalue weighted by Gasteiger charge is -2.03. The molecule has 0 heterocycles. The molecule has 0 saturated heterocycles. The first-order valence-corrected chi connectivity index (χ1v) is 8.52. The number of benzene rings is 2. The zero-order valence-corrected chi connectivity index (χ0v) is 14.9. The molecule has 0 unspecified atom stereocenters. The van der Waals surface area contributed by atoms with Crippen molar-refractivity contribution < 1.29 is 9.72 Å². The van der Waals surface area contributed by atoms with Crippen molar-refractivity contribution >= 4 is 34.7 Å². The van der Waals surface area contributed by atoms with Crippen molar-refractivity contribution in [1.29, 1.82) is 0 Å². The van der Waals surface area contributed by atoms with Gasteiger partial charge in [0.25, 0.3) is 5.69 Å². The Bertz CT molecular complexity index is 671. The number of hydrogen-bond donors (Lipinski definition) is 0. The number of nitro benzene ring substituents is 1. The number of halogens is 2. The monoisotopic (exact) mass is 367 g/mol. The predicted molar refractivity (Wildman–Crippen MR) is 98.2 cm³/mol. The fourth-order valence-electron chi connectivity index (χ4n) is 1.97. The van der Waals surface area contributed by atoms with E-state index in [1.54, 1.807) is 30.3 Å². The Hall–Kier alpha value is -1.91. The quantitative estimate of drug-likeness (QED) is 0.210. The lowest BCUT2D eigenvalue weighted by molar-refractivity contribution is -0.385. The van der Waals surface area contributed by atoms with Gasteiger partial charge in [0.2, 0.25) is 0 Å². The molecule has 24 heavy (non-hydrogen) atoms. The third-order valence-corrected chi connectivity index (χ3v) is 3.76. The Balaban J connectivity index is 0.000000413. The molecule has 128 valence electrons. The van der Waals surface area contributed by atoms with Gasteiger partial charge in [-0.15, -0.1) is 11.6 Å². The summed E-state index contributed by atoms with van der Waals surface area (Å²) in [5, 5.41) is 10.9. The van der Waals surface area contributed by atoms with Crippen LogP contribution in [0.3, 0.4) is 0 Å². The largest absolute Gasteiger partial charge is 0.298 e. The Morgan fingerprint density at radius 3 is 2.25 bits per heavy atom. The number of alkyl halides is 1. The van der Waals surface area contributed by atoms with E-state index in [0.29, 0.717) is 5.56 Å². The predicted octanol–water partition coefficient (Wildman–Crippen LogP) is 5.89. The molecule has 4 nitrogen and oxygen atoms in total. The van der Waals surface area contributed by atoms with E-state index in [4.69, 9.17) is 23.2 Å². The summed E-state index contributed by atoms with van der Waals surface area (Å²) in [6.07, 6.45) is 3.73. The third kappa shape index (κ3) is 5.95. The molecule has 0 aliphatic carbocycles. The zero-order chi connectivity index (χ0) is 17.9. The van der Waals surface area contributed by atoms with Crippen molar-refractivity contribution in [2.45, 2.75) is 26.2 Å². The molecule has 0 aromatic heterocycles. The van der Waals surface area contributed by atoms with Crippen LogP contribution in [0.5, 0.6) is 0 Å². The van der Waals surface area contributed by atoms with E-state index in [0.717, 1.165) is 5.88 Å². The number of unbranched alkanes of at least 4 members (excludes halogenated alkanes) is 2. The van der Waals surface area contributed by atoms with Crippen LogP contribution in [0, 0.1) is 10.1 Å². The van der Waals surface area contributed by atoms with Gasteiger partial charge in [0.1, 0.15) is 10.6 Å². The van der Waals surface area contributed by atoms with Crippen LogP contribution in [0.4, 0.5) is 5.69 Å². The van der Waals surface area contributed by atoms with Crippen molar-refractivity contribution in [3.05, 3.63) is 74.8 Å². The molecule has 0 amide bonds. The van der Waals surface area contributed by atoms with E-state index in [1.165, 1.54) is 37.5 Å². The van der Waals surface area contributed by atoms with Crippen LogP contribution in [0.15, 0.2) is 48.5 Å². The second-order valence-electron chi connectivity index (χ2n) is 4.98. The lowest BCUT2D eigenvalue weighted by atomic mass is 10.0. The van der Waals surface area contributed by atoms with Gasteiger partial charge in [-0.05, 0) is 18.6 Å². The average molecular weight is 368 g/mol. The smallest absolute Gasteiger partial charge is 0.288 e. The van der Waals surface area contributed by atoms with Crippen LogP contribution in [0.2, 0.25) is 5.02 Å². The van der Waals surface area contributed by atoms with Gasteiger partial charge >= 0.3 is 0 Å². The summed E-state index contributed by atoms with van der Waals surface area (Å²) in [6, 6.07) is 12.7. The van der Waals surface area contributed by atoms with E-state index in [1.807, 2.05) is 0 Å². The molecule has 0 bridgehead atoms. The van der Waals surface area contributed by atoms with E-state index in [2.05, 4.69) is 6.92 Å². The van der Waals surface area contributed by atoms with Crippen molar-refractivity contribution in [3.63, 3.8) is 0 Å². The van der Waals surface area contributed by atoms with Gasteiger partial charge in [0.15, 0.2) is 5.78 Å². The molecular weight excluding hydrogens is 349 g/mol. The number of nitrogens with zero attached hydrogens (tertiary/aromatic N) is 1. The number of para-hydroxylation sites is 1. The van der Waals surface area contributed by atoms with Gasteiger partial charge in [-0.3, -0.25) is 14.9 Å². The van der Waals surface area contributed by atoms with E-state index in [-0.39, 0.29) is 16.3 Å². The highest BCUT2D eigenvalue weighted by molar-refractivity contribution is 6.33. The second-order valence-corrected chi connectivity index (χ2v) is 5.77. The number of hydrogen-bond acceptors (Lipinski definition) is 3. The number of carbonyl (C=O) groups is 1. The average Bonchev–Trinajstić information content (AvgIpc) is 2.60. The molecule has 0 spiro atoms. The molecular formula is C18H19Cl2NO3. The SMILES string of the molecule is CCCCCCl.O=C(c1ccccc1)c1cccc(Cl)c1[N+](=O)[O-]. The van der Waals surface area contributed by atoms with Crippen LogP contribution >= 0.6 is 23.2 Å². The highest BCUT2D eigenvalue weighted by Crippen LogP contribution is 2.29. The molecule has 6 heteroatoms. The highest BCUT2D eigenvalue weighted by atomic mass is 35.5. The van der Waals surface area contributed by atoms with Gasteiger partial charge in [0, 0.05) is 11.4 Å². The van der Waals surface area contributed by atoms with Crippen LogP contribution in [-0.2, 0) is 0 Å². The maximum atomic E-state index is 12.2. The third-order valence-electron chi connectivity index (χ3n) is 3.19. The molecule has 0 saturated carbocycles. The normalized spacial score (nSPS) is 9.79. The number of rotatable bonds is 6. The Labute approximate surface area is 151 Å². The molecule has 0 atom stereocenters. The second kappa shape index (κ2) is 10.8. The first kappa shape index (κ1) is 20.1. The summed E-state index contributed by atoms with van der Waals surface area (Å²) in [6.45, 7) is 2.17. The first-order valence-electron chi connectivity index (χ1n) is 7.61. The molecule has 0 aliphatic heterocycles. The van der Waals surface area contributed by atoms with Crippen molar-refractivity contribution in [2.24, 2.45) is 0 Å². The number of nitro groups is 1. The van der Waals surface area contributed by atoms with Crippen LogP contribution in [0.1, 0.15) is 42.1 Å². The number of ketones is 1. The van der Waals surface area contributed by atoms with Gasteiger partial charge in [-0.1, -0.05) is 67.8 Å². The number of carbonyl (C=O) groups excluding carboxylic acids is 1. The molecule has 0 radical (unpaired) electrons. The standard InChI is InChI=1S/C13H8ClNO3.C5H11Cl/c14-11-8-4-7-10(12(11)15(17)18)13(16)9-5-2-1-3-6-9;1-2-3-4-5-6/h1-8H;2-5H2,1H3. The summed E-state index contributed by atoms with van der Waals surface area (Å²) < 4.78 is 0. The fraction of sp³-hybridized carbons (Fsp3) is 0.278. The fourth-order valence-corrected chi connectivity index (χ4v) is 2.41. The minimum Gasteiger partial charge on any atom is -0.288 e. The summed E-state index contributed by atoms with van der Waals surface area (Å²) >= 11 is 11.1. The van der Waals surface area contributed by atoms with Gasteiger partial charge < -0.3 is 0 Å². The van der Waals surface area contributed by atoms with E-state index >= 15 is 0 Å². The van der Waals surface area contributed by atoms with Gasteiger partial charge in [-0.25, -0.2) is 0 Å². The zero-order valence-electron chi connectivity index (χ0n) is 13.4. The maximum Gasteiger partial charge on any atom is 0.298 e. The van der Waals surface area contributed by atoms with Gasteiger partial charge in [0.05, 0.1) is 4.92 Å². The molecule has 2 aromatic rings. The maximum absolute atomic E-state index is 12.2. The van der Waals surface area contributed by atoms with Gasteiger partial charge in [-0.2, -0.15) is 0 Å². The van der Waals surface area contributed by atoms with Crippen LogP contribution in [-0.4, -0.2) is 16.6 Å². The van der Waals surface area contributed by atoms with Crippen LogP contribution < -0.4 is 0 Å². The van der Waals surface area contributed by atoms with E-state index < -0.39 is 10.7 Å². The molecule has 2 aromatic carbocycles. The lowest BCUT2D eigenvalue weighted by Crippen LogP contribution is -2.05. The summed E-state index contributed by atoms with van der Waals surface area (Å²) in [4.78, 5) is 22.5. The molecule has 0 N–H and O–H groups in total. The van der Waals surface area contributed by atoms with Crippen molar-refractivity contribution in [2.75, 3.05) is 5.88 Å². The topological polar surface area (TPSA) is 60.2 Å². The summed E-state index contributed by atoms with van der Waals surface area (Å²) in [7, 11) is 0. The summed E-state index contributed by atoms with van der Waals surface area (Å²) in [5.41, 5.74) is 0.0367. The van der Waals surface area contributed by atoms with Crippen molar-refractivity contribution in [3.8, 4) is 0 Å². The van der Waals surface area contributed by atoms with Crippen LogP contribution in [0.25, 0.3) is 0 Å². The Kier molecular flexibility index (Phi) is 9.05. The van der Waals surface area contributed by atoms with Crippen molar-refractivity contribution in [1.82, 2.24) is 0 Å². The molecule has 0 aliphatic rings. The molecule has 2 rings (SSSR count). The Morgan fingerprint density at radius 1 is 1.08 bits per heavy atom. The van der Waals surface area contributed by atoms with E-state index in [9.17, 15) is 14.9 Å². The first-order chi connectivity index (χ1) is 11.5. The highest BCUT2D eigenvalue weighted by Gasteiger charge is 2.24. The summed E-state index contributed by atoms with van der Waals surface area (Å²) in [5.74, 6) is 0.415. The minimum absolute atomic E-state index is 0.00120. The minimum atomic E-state index is -0.640.